The maximum Gasteiger partial charge on any atom is 0.270 e. The SMILES string of the molecule is Cc1nc(NC(=O)c2cc([N+](=O)[O-])cc(C)c2F)n[nH]1. The van der Waals surface area contributed by atoms with Crippen LogP contribution in [0.2, 0.25) is 0 Å². The minimum atomic E-state index is -0.853. The standard InChI is InChI=1S/C11H10FN5O3/c1-5-3-7(17(19)20)4-8(9(5)12)10(18)14-11-13-6(2)15-16-11/h3-4H,1-2H3,(H2,13,14,15,16,18). The van der Waals surface area contributed by atoms with Gasteiger partial charge in [-0.05, 0) is 19.4 Å². The van der Waals surface area contributed by atoms with Crippen LogP contribution in [0.1, 0.15) is 21.7 Å². The van der Waals surface area contributed by atoms with Crippen molar-refractivity contribution >= 4 is 17.5 Å². The van der Waals surface area contributed by atoms with Crippen molar-refractivity contribution < 1.29 is 14.1 Å². The molecule has 1 aromatic carbocycles. The van der Waals surface area contributed by atoms with Gasteiger partial charge in [-0.25, -0.2) is 4.39 Å². The van der Waals surface area contributed by atoms with Crippen LogP contribution in [0.4, 0.5) is 16.0 Å². The van der Waals surface area contributed by atoms with Gasteiger partial charge in [0.15, 0.2) is 0 Å². The summed E-state index contributed by atoms with van der Waals surface area (Å²) in [6.07, 6.45) is 0. The molecule has 0 radical (unpaired) electrons. The molecule has 0 saturated heterocycles. The zero-order valence-corrected chi connectivity index (χ0v) is 10.6. The fourth-order valence-corrected chi connectivity index (χ4v) is 1.59. The maximum absolute atomic E-state index is 13.9. The molecule has 0 unspecified atom stereocenters. The van der Waals surface area contributed by atoms with Crippen LogP contribution in [-0.4, -0.2) is 26.0 Å². The van der Waals surface area contributed by atoms with Gasteiger partial charge in [0.2, 0.25) is 5.95 Å². The van der Waals surface area contributed by atoms with E-state index in [0.717, 1.165) is 12.1 Å². The average molecular weight is 279 g/mol. The van der Waals surface area contributed by atoms with Gasteiger partial charge >= 0.3 is 0 Å². The highest BCUT2D eigenvalue weighted by molar-refractivity contribution is 6.04. The van der Waals surface area contributed by atoms with Crippen molar-refractivity contribution in [2.24, 2.45) is 0 Å². The molecule has 2 rings (SSSR count). The fraction of sp³-hybridized carbons (Fsp3) is 0.182. The summed E-state index contributed by atoms with van der Waals surface area (Å²) in [5, 5.41) is 19.2. The van der Waals surface area contributed by atoms with E-state index < -0.39 is 22.2 Å². The summed E-state index contributed by atoms with van der Waals surface area (Å²) in [4.78, 5) is 25.8. The molecule has 0 bridgehead atoms. The highest BCUT2D eigenvalue weighted by atomic mass is 19.1. The van der Waals surface area contributed by atoms with Crippen molar-refractivity contribution in [1.29, 1.82) is 0 Å². The van der Waals surface area contributed by atoms with Gasteiger partial charge in [-0.1, -0.05) is 0 Å². The highest BCUT2D eigenvalue weighted by Gasteiger charge is 2.20. The van der Waals surface area contributed by atoms with Gasteiger partial charge in [0, 0.05) is 12.1 Å². The Balaban J connectivity index is 2.36. The first-order valence-electron chi connectivity index (χ1n) is 5.53. The molecule has 8 nitrogen and oxygen atoms in total. The van der Waals surface area contributed by atoms with E-state index in [1.54, 1.807) is 6.92 Å². The third-order valence-electron chi connectivity index (χ3n) is 2.52. The van der Waals surface area contributed by atoms with Gasteiger partial charge in [0.05, 0.1) is 10.5 Å². The molecule has 1 aromatic heterocycles. The number of aromatic nitrogens is 3. The third-order valence-corrected chi connectivity index (χ3v) is 2.52. The Morgan fingerprint density at radius 2 is 2.15 bits per heavy atom. The van der Waals surface area contributed by atoms with Gasteiger partial charge in [0.1, 0.15) is 11.6 Å². The van der Waals surface area contributed by atoms with E-state index in [9.17, 15) is 19.3 Å². The number of carbonyl (C=O) groups excluding carboxylic acids is 1. The summed E-state index contributed by atoms with van der Waals surface area (Å²) in [6, 6.07) is 1.93. The molecular weight excluding hydrogens is 269 g/mol. The van der Waals surface area contributed by atoms with Crippen molar-refractivity contribution in [3.8, 4) is 0 Å². The monoisotopic (exact) mass is 279 g/mol. The lowest BCUT2D eigenvalue weighted by Crippen LogP contribution is -2.16. The number of nitro groups is 1. The van der Waals surface area contributed by atoms with Gasteiger partial charge in [0.25, 0.3) is 11.6 Å². The lowest BCUT2D eigenvalue weighted by Gasteiger charge is -2.05. The second-order valence-corrected chi connectivity index (χ2v) is 4.08. The van der Waals surface area contributed by atoms with Crippen LogP contribution < -0.4 is 5.32 Å². The van der Waals surface area contributed by atoms with Crippen LogP contribution in [-0.2, 0) is 0 Å². The predicted octanol–water partition coefficient (Wildman–Crippen LogP) is 1.72. The Hall–Kier alpha value is -2.84. The molecule has 0 aliphatic heterocycles. The first kappa shape index (κ1) is 13.6. The molecule has 0 aliphatic rings. The third kappa shape index (κ3) is 2.60. The van der Waals surface area contributed by atoms with Crippen LogP contribution in [0, 0.1) is 29.8 Å². The number of hydrogen-bond donors (Lipinski definition) is 2. The summed E-state index contributed by atoms with van der Waals surface area (Å²) in [5.74, 6) is -1.24. The number of hydrogen-bond acceptors (Lipinski definition) is 5. The predicted molar refractivity (Wildman–Crippen MR) is 66.9 cm³/mol. The Labute approximate surface area is 112 Å². The summed E-state index contributed by atoms with van der Waals surface area (Å²) in [5.41, 5.74) is -0.783. The Morgan fingerprint density at radius 1 is 1.45 bits per heavy atom. The van der Waals surface area contributed by atoms with Crippen LogP contribution in [0.5, 0.6) is 0 Å². The largest absolute Gasteiger partial charge is 0.289 e. The molecule has 0 saturated carbocycles. The first-order valence-corrected chi connectivity index (χ1v) is 5.53. The van der Waals surface area contributed by atoms with Gasteiger partial charge < -0.3 is 0 Å². The average Bonchev–Trinajstić information content (AvgIpc) is 2.77. The molecule has 0 fully saturated rings. The Morgan fingerprint density at radius 3 is 2.70 bits per heavy atom. The molecule has 2 N–H and O–H groups in total. The number of benzene rings is 1. The van der Waals surface area contributed by atoms with E-state index in [4.69, 9.17) is 0 Å². The quantitative estimate of drug-likeness (QED) is 0.655. The minimum Gasteiger partial charge on any atom is -0.289 e. The Kier molecular flexibility index (Phi) is 3.42. The molecule has 1 amide bonds. The topological polar surface area (TPSA) is 114 Å². The normalized spacial score (nSPS) is 10.3. The second kappa shape index (κ2) is 5.03. The van der Waals surface area contributed by atoms with E-state index in [-0.39, 0.29) is 17.2 Å². The number of aromatic amines is 1. The van der Waals surface area contributed by atoms with Crippen LogP contribution in [0.3, 0.4) is 0 Å². The van der Waals surface area contributed by atoms with Crippen LogP contribution in [0.15, 0.2) is 12.1 Å². The number of halogens is 1. The van der Waals surface area contributed by atoms with Crippen molar-refractivity contribution in [3.63, 3.8) is 0 Å². The molecule has 9 heteroatoms. The molecule has 0 aliphatic carbocycles. The lowest BCUT2D eigenvalue weighted by atomic mass is 10.1. The van der Waals surface area contributed by atoms with E-state index >= 15 is 0 Å². The van der Waals surface area contributed by atoms with Crippen molar-refractivity contribution in [2.45, 2.75) is 13.8 Å². The van der Waals surface area contributed by atoms with Crippen molar-refractivity contribution in [2.75, 3.05) is 5.32 Å². The molecule has 0 atom stereocenters. The van der Waals surface area contributed by atoms with Crippen molar-refractivity contribution in [1.82, 2.24) is 15.2 Å². The smallest absolute Gasteiger partial charge is 0.270 e. The molecular formula is C11H10FN5O3. The number of carbonyl (C=O) groups is 1. The number of rotatable bonds is 3. The Bertz CT molecular complexity index is 697. The molecule has 104 valence electrons. The minimum absolute atomic E-state index is 0.00974. The molecule has 1 heterocycles. The van der Waals surface area contributed by atoms with Gasteiger partial charge in [-0.15, -0.1) is 5.10 Å². The van der Waals surface area contributed by atoms with Crippen LogP contribution >= 0.6 is 0 Å². The van der Waals surface area contributed by atoms with E-state index in [2.05, 4.69) is 20.5 Å². The van der Waals surface area contributed by atoms with E-state index in [1.165, 1.54) is 6.92 Å². The molecule has 0 spiro atoms. The number of anilines is 1. The van der Waals surface area contributed by atoms with E-state index in [0.29, 0.717) is 5.82 Å². The fourth-order valence-electron chi connectivity index (χ4n) is 1.59. The zero-order valence-electron chi connectivity index (χ0n) is 10.6. The summed E-state index contributed by atoms with van der Waals surface area (Å²) in [6.45, 7) is 2.97. The highest BCUT2D eigenvalue weighted by Crippen LogP contribution is 2.21. The maximum atomic E-state index is 13.9. The number of nitrogens with one attached hydrogen (secondary N) is 2. The van der Waals surface area contributed by atoms with Gasteiger partial charge in [-0.3, -0.25) is 25.3 Å². The number of H-pyrrole nitrogens is 1. The lowest BCUT2D eigenvalue weighted by molar-refractivity contribution is -0.385. The van der Waals surface area contributed by atoms with Gasteiger partial charge in [-0.2, -0.15) is 4.98 Å². The van der Waals surface area contributed by atoms with E-state index in [1.807, 2.05) is 0 Å². The zero-order chi connectivity index (χ0) is 14.9. The molecule has 20 heavy (non-hydrogen) atoms. The summed E-state index contributed by atoms with van der Waals surface area (Å²) >= 11 is 0. The van der Waals surface area contributed by atoms with Crippen LogP contribution in [0.25, 0.3) is 0 Å². The molecule has 2 aromatic rings. The van der Waals surface area contributed by atoms with Crippen molar-refractivity contribution in [3.05, 3.63) is 45.0 Å². The number of nitro benzene ring substituents is 1. The summed E-state index contributed by atoms with van der Waals surface area (Å²) < 4.78 is 13.9. The number of amides is 1. The second-order valence-electron chi connectivity index (χ2n) is 4.08. The summed E-state index contributed by atoms with van der Waals surface area (Å²) in [7, 11) is 0. The first-order chi connectivity index (χ1) is 9.38. The number of nitrogens with zero attached hydrogens (tertiary/aromatic N) is 3. The number of aryl methyl sites for hydroxylation is 2. The number of non-ortho nitro benzene ring substituents is 1.